The van der Waals surface area contributed by atoms with Gasteiger partial charge in [0.25, 0.3) is 11.8 Å². The normalized spacial score (nSPS) is 17.0. The van der Waals surface area contributed by atoms with E-state index in [9.17, 15) is 9.59 Å². The number of benzene rings is 1. The lowest BCUT2D eigenvalue weighted by molar-refractivity contribution is 0.0751. The van der Waals surface area contributed by atoms with Crippen molar-refractivity contribution in [1.82, 2.24) is 24.8 Å². The van der Waals surface area contributed by atoms with Crippen LogP contribution in [-0.4, -0.2) is 50.4 Å². The summed E-state index contributed by atoms with van der Waals surface area (Å²) in [5.74, 6) is -0.168. The van der Waals surface area contributed by atoms with Gasteiger partial charge >= 0.3 is 0 Å². The number of nitrogens with zero attached hydrogens (tertiary/aromatic N) is 4. The van der Waals surface area contributed by atoms with Gasteiger partial charge in [-0.05, 0) is 51.3 Å². The molecule has 1 fully saturated rings. The number of hydrogen-bond acceptors (Lipinski definition) is 4. The van der Waals surface area contributed by atoms with Crippen LogP contribution in [0.15, 0.2) is 36.7 Å². The maximum Gasteiger partial charge on any atom is 0.271 e. The highest BCUT2D eigenvalue weighted by Gasteiger charge is 2.25. The molecule has 0 radical (unpaired) electrons. The van der Waals surface area contributed by atoms with Crippen molar-refractivity contribution in [3.8, 4) is 0 Å². The average Bonchev–Trinajstić information content (AvgIpc) is 2.89. The first-order valence-electron chi connectivity index (χ1n) is 10.4. The molecule has 0 saturated carbocycles. The second kappa shape index (κ2) is 8.26. The number of rotatable bonds is 3. The number of hydrogen-bond donors (Lipinski definition) is 1. The molecule has 2 aromatic heterocycles. The van der Waals surface area contributed by atoms with E-state index < -0.39 is 0 Å². The van der Waals surface area contributed by atoms with Gasteiger partial charge in [-0.2, -0.15) is 0 Å². The summed E-state index contributed by atoms with van der Waals surface area (Å²) in [5.41, 5.74) is 4.04. The molecule has 1 N–H and O–H groups in total. The number of aromatic nitrogens is 3. The fraction of sp³-hybridized carbons (Fsp3) is 0.391. The quantitative estimate of drug-likeness (QED) is 0.726. The fourth-order valence-corrected chi connectivity index (χ4v) is 4.05. The molecule has 1 atom stereocenters. The van der Waals surface area contributed by atoms with Crippen molar-refractivity contribution in [2.24, 2.45) is 7.05 Å². The van der Waals surface area contributed by atoms with E-state index in [0.717, 1.165) is 35.9 Å². The van der Waals surface area contributed by atoms with Crippen molar-refractivity contribution < 1.29 is 9.59 Å². The zero-order valence-corrected chi connectivity index (χ0v) is 17.7. The predicted molar refractivity (Wildman–Crippen MR) is 115 cm³/mol. The molecule has 3 aromatic rings. The first kappa shape index (κ1) is 20.1. The Bertz CT molecular complexity index is 1090. The molecule has 1 aliphatic heterocycles. The van der Waals surface area contributed by atoms with Crippen LogP contribution in [0.2, 0.25) is 0 Å². The van der Waals surface area contributed by atoms with Gasteiger partial charge in [0.2, 0.25) is 0 Å². The first-order chi connectivity index (χ1) is 14.4. The number of nitrogens with one attached hydrogen (secondary N) is 1. The highest BCUT2D eigenvalue weighted by Crippen LogP contribution is 2.22. The van der Waals surface area contributed by atoms with Gasteiger partial charge in [0.05, 0.1) is 11.9 Å². The summed E-state index contributed by atoms with van der Waals surface area (Å²) in [6, 6.07) is 8.23. The van der Waals surface area contributed by atoms with Crippen LogP contribution in [0.1, 0.15) is 51.5 Å². The number of carbonyl (C=O) groups excluding carboxylic acids is 2. The van der Waals surface area contributed by atoms with Crippen LogP contribution in [0, 0.1) is 13.8 Å². The molecule has 156 valence electrons. The van der Waals surface area contributed by atoms with Crippen LogP contribution in [0.5, 0.6) is 0 Å². The lowest BCUT2D eigenvalue weighted by atomic mass is 10.1. The van der Waals surface area contributed by atoms with Crippen molar-refractivity contribution in [2.45, 2.75) is 39.2 Å². The average molecular weight is 406 g/mol. The molecule has 0 bridgehead atoms. The third-order valence-corrected chi connectivity index (χ3v) is 5.78. The molecule has 2 amide bonds. The van der Waals surface area contributed by atoms with E-state index in [-0.39, 0.29) is 17.9 Å². The number of likely N-dealkylation sites (tertiary alicyclic amines) is 1. The zero-order chi connectivity index (χ0) is 21.3. The van der Waals surface area contributed by atoms with Gasteiger partial charge in [-0.1, -0.05) is 11.6 Å². The standard InChI is InChI=1S/C23H27N5O2/c1-15-6-7-20-17(11-15)12-21(27(20)3)23(30)28-9-4-5-18(8-10-28)26-22(29)19-14-24-16(2)13-25-19/h6-7,11-14,18H,4-5,8-10H2,1-3H3,(H,26,29). The topological polar surface area (TPSA) is 80.1 Å². The van der Waals surface area contributed by atoms with Crippen molar-refractivity contribution >= 4 is 22.7 Å². The summed E-state index contributed by atoms with van der Waals surface area (Å²) in [5, 5.41) is 4.13. The molecule has 0 aliphatic carbocycles. The number of carbonyl (C=O) groups is 2. The minimum absolute atomic E-state index is 0.0218. The van der Waals surface area contributed by atoms with Gasteiger partial charge in [0.1, 0.15) is 11.4 Å². The molecule has 30 heavy (non-hydrogen) atoms. The molecule has 7 heteroatoms. The Labute approximate surface area is 176 Å². The van der Waals surface area contributed by atoms with Crippen molar-refractivity contribution in [2.75, 3.05) is 13.1 Å². The molecule has 0 spiro atoms. The van der Waals surface area contributed by atoms with E-state index in [1.54, 1.807) is 6.20 Å². The van der Waals surface area contributed by atoms with Gasteiger partial charge in [-0.3, -0.25) is 14.6 Å². The maximum atomic E-state index is 13.2. The molecule has 7 nitrogen and oxygen atoms in total. The number of aryl methyl sites for hydroxylation is 3. The minimum atomic E-state index is -0.212. The summed E-state index contributed by atoms with van der Waals surface area (Å²) >= 11 is 0. The van der Waals surface area contributed by atoms with Crippen molar-refractivity contribution in [3.63, 3.8) is 0 Å². The van der Waals surface area contributed by atoms with Crippen LogP contribution in [0.3, 0.4) is 0 Å². The van der Waals surface area contributed by atoms with Gasteiger partial charge in [-0.25, -0.2) is 4.98 Å². The maximum absolute atomic E-state index is 13.2. The van der Waals surface area contributed by atoms with Gasteiger partial charge in [-0.15, -0.1) is 0 Å². The molecular formula is C23H27N5O2. The minimum Gasteiger partial charge on any atom is -0.348 e. The molecule has 4 rings (SSSR count). The SMILES string of the molecule is Cc1ccc2c(c1)cc(C(=O)N1CCCC(NC(=O)c3cnc(C)cn3)CC1)n2C. The van der Waals surface area contributed by atoms with Crippen molar-refractivity contribution in [1.29, 1.82) is 0 Å². The largest absolute Gasteiger partial charge is 0.348 e. The Kier molecular flexibility index (Phi) is 5.53. The van der Waals surface area contributed by atoms with Crippen molar-refractivity contribution in [3.05, 3.63) is 59.3 Å². The van der Waals surface area contributed by atoms with Gasteiger partial charge < -0.3 is 14.8 Å². The first-order valence-corrected chi connectivity index (χ1v) is 10.4. The van der Waals surface area contributed by atoms with Crippen LogP contribution in [0.4, 0.5) is 0 Å². The Morgan fingerprint density at radius 3 is 2.67 bits per heavy atom. The van der Waals surface area contributed by atoms with Crippen LogP contribution in [-0.2, 0) is 7.05 Å². The molecule has 1 aromatic carbocycles. The van der Waals surface area contributed by atoms with Crippen LogP contribution in [0.25, 0.3) is 10.9 Å². The number of fused-ring (bicyclic) bond motifs is 1. The van der Waals surface area contributed by atoms with Crippen LogP contribution >= 0.6 is 0 Å². The summed E-state index contributed by atoms with van der Waals surface area (Å²) in [6.07, 6.45) is 5.50. The fourth-order valence-electron chi connectivity index (χ4n) is 4.05. The molecule has 1 unspecified atom stereocenters. The Morgan fingerprint density at radius 2 is 1.90 bits per heavy atom. The second-order valence-electron chi connectivity index (χ2n) is 8.09. The van der Waals surface area contributed by atoms with Crippen LogP contribution < -0.4 is 5.32 Å². The summed E-state index contributed by atoms with van der Waals surface area (Å²) < 4.78 is 1.97. The third kappa shape index (κ3) is 4.06. The lowest BCUT2D eigenvalue weighted by Crippen LogP contribution is -2.37. The second-order valence-corrected chi connectivity index (χ2v) is 8.09. The highest BCUT2D eigenvalue weighted by atomic mass is 16.2. The third-order valence-electron chi connectivity index (χ3n) is 5.78. The van der Waals surface area contributed by atoms with Gasteiger partial charge in [0.15, 0.2) is 0 Å². The summed E-state index contributed by atoms with van der Waals surface area (Å²) in [4.78, 5) is 35.8. The smallest absolute Gasteiger partial charge is 0.271 e. The Balaban J connectivity index is 1.42. The molecule has 1 aliphatic rings. The van der Waals surface area contributed by atoms with E-state index in [1.165, 1.54) is 11.8 Å². The highest BCUT2D eigenvalue weighted by molar-refractivity contribution is 5.99. The molecular weight excluding hydrogens is 378 g/mol. The van der Waals surface area contributed by atoms with E-state index >= 15 is 0 Å². The summed E-state index contributed by atoms with van der Waals surface area (Å²) in [7, 11) is 1.94. The predicted octanol–water partition coefficient (Wildman–Crippen LogP) is 3.01. The van der Waals surface area contributed by atoms with E-state index in [4.69, 9.17) is 0 Å². The van der Waals surface area contributed by atoms with E-state index in [0.29, 0.717) is 24.5 Å². The summed E-state index contributed by atoms with van der Waals surface area (Å²) in [6.45, 7) is 5.20. The Morgan fingerprint density at radius 1 is 1.07 bits per heavy atom. The molecule has 3 heterocycles. The monoisotopic (exact) mass is 405 g/mol. The van der Waals surface area contributed by atoms with E-state index in [2.05, 4.69) is 40.4 Å². The molecule has 1 saturated heterocycles. The zero-order valence-electron chi connectivity index (χ0n) is 17.7. The van der Waals surface area contributed by atoms with Gasteiger partial charge in [0, 0.05) is 43.3 Å². The number of amides is 2. The Hall–Kier alpha value is -3.22. The van der Waals surface area contributed by atoms with E-state index in [1.807, 2.05) is 29.5 Å². The lowest BCUT2D eigenvalue weighted by Gasteiger charge is -2.21.